The van der Waals surface area contributed by atoms with Crippen molar-refractivity contribution in [3.63, 3.8) is 0 Å². The van der Waals surface area contributed by atoms with Crippen LogP contribution in [0.4, 0.5) is 0 Å². The van der Waals surface area contributed by atoms with Crippen LogP contribution in [0.2, 0.25) is 0 Å². The predicted molar refractivity (Wildman–Crippen MR) is 136 cm³/mol. The summed E-state index contributed by atoms with van der Waals surface area (Å²) in [5, 5.41) is 3.46. The Kier molecular flexibility index (Phi) is 7.00. The molecule has 6 heteroatoms. The first-order chi connectivity index (χ1) is 17.2. The Morgan fingerprint density at radius 2 is 1.80 bits per heavy atom. The van der Waals surface area contributed by atoms with Gasteiger partial charge in [0.25, 0.3) is 0 Å². The van der Waals surface area contributed by atoms with Crippen LogP contribution in [-0.2, 0) is 13.2 Å². The number of rotatable bonds is 10. The van der Waals surface area contributed by atoms with E-state index in [1.165, 1.54) is 0 Å². The van der Waals surface area contributed by atoms with Gasteiger partial charge in [0.2, 0.25) is 12.7 Å². The average Bonchev–Trinajstić information content (AvgIpc) is 3.53. The summed E-state index contributed by atoms with van der Waals surface area (Å²) in [5.41, 5.74) is 5.08. The lowest BCUT2D eigenvalue weighted by Crippen LogP contribution is -2.14. The Morgan fingerprint density at radius 3 is 2.66 bits per heavy atom. The van der Waals surface area contributed by atoms with E-state index in [0.717, 1.165) is 70.3 Å². The van der Waals surface area contributed by atoms with Gasteiger partial charge in [-0.1, -0.05) is 61.9 Å². The molecule has 2 heterocycles. The third-order valence-corrected chi connectivity index (χ3v) is 6.10. The highest BCUT2D eigenvalue weighted by molar-refractivity contribution is 5.72. The van der Waals surface area contributed by atoms with Crippen molar-refractivity contribution >= 4 is 0 Å². The molecule has 35 heavy (non-hydrogen) atoms. The van der Waals surface area contributed by atoms with E-state index in [9.17, 15) is 0 Å². The summed E-state index contributed by atoms with van der Waals surface area (Å²) in [4.78, 5) is 4.78. The molecule has 3 aromatic carbocycles. The molecule has 180 valence electrons. The Balaban J connectivity index is 1.34. The first-order valence-corrected chi connectivity index (χ1v) is 12.1. The van der Waals surface area contributed by atoms with Crippen LogP contribution in [0.15, 0.2) is 71.1 Å². The van der Waals surface area contributed by atoms with Crippen LogP contribution in [0, 0.1) is 6.92 Å². The number of fused-ring (bicyclic) bond motifs is 1. The molecule has 1 N–H and O–H groups in total. The van der Waals surface area contributed by atoms with Crippen molar-refractivity contribution in [1.29, 1.82) is 0 Å². The fourth-order valence-corrected chi connectivity index (χ4v) is 4.19. The molecule has 0 radical (unpaired) electrons. The second-order valence-corrected chi connectivity index (χ2v) is 8.56. The summed E-state index contributed by atoms with van der Waals surface area (Å²) in [5.74, 6) is 3.72. The molecule has 4 aromatic rings. The molecule has 0 amide bonds. The van der Waals surface area contributed by atoms with Gasteiger partial charge in [-0.2, -0.15) is 0 Å². The average molecular weight is 471 g/mol. The SMILES string of the molecule is CCCCNCc1oc(COc2cccc(-c3ccc4c(c3)OCO4)c2C)nc1-c1ccccc1. The molecule has 1 aliphatic heterocycles. The van der Waals surface area contributed by atoms with Crippen LogP contribution in [0.1, 0.15) is 37.0 Å². The number of unbranched alkanes of at least 4 members (excludes halogenated alkanes) is 1. The Morgan fingerprint density at radius 1 is 0.943 bits per heavy atom. The van der Waals surface area contributed by atoms with Crippen molar-refractivity contribution in [2.75, 3.05) is 13.3 Å². The maximum absolute atomic E-state index is 6.19. The maximum Gasteiger partial charge on any atom is 0.233 e. The van der Waals surface area contributed by atoms with E-state index < -0.39 is 0 Å². The summed E-state index contributed by atoms with van der Waals surface area (Å²) < 4.78 is 23.3. The van der Waals surface area contributed by atoms with Crippen LogP contribution in [-0.4, -0.2) is 18.3 Å². The number of hydrogen-bond donors (Lipinski definition) is 1. The van der Waals surface area contributed by atoms with E-state index in [1.54, 1.807) is 0 Å². The largest absolute Gasteiger partial charge is 0.484 e. The molecule has 0 bridgehead atoms. The molecular weight excluding hydrogens is 440 g/mol. The van der Waals surface area contributed by atoms with E-state index in [1.807, 2.05) is 48.5 Å². The zero-order valence-corrected chi connectivity index (χ0v) is 20.2. The van der Waals surface area contributed by atoms with Gasteiger partial charge in [-0.25, -0.2) is 4.98 Å². The Labute approximate surface area is 205 Å². The number of ether oxygens (including phenoxy) is 3. The fraction of sp³-hybridized carbons (Fsp3) is 0.276. The Hall–Kier alpha value is -3.77. The summed E-state index contributed by atoms with van der Waals surface area (Å²) in [6.45, 7) is 6.34. The molecule has 6 nitrogen and oxygen atoms in total. The predicted octanol–water partition coefficient (Wildman–Crippen LogP) is 6.51. The van der Waals surface area contributed by atoms with Gasteiger partial charge in [-0.05, 0) is 54.8 Å². The minimum absolute atomic E-state index is 0.250. The number of nitrogens with one attached hydrogen (secondary N) is 1. The lowest BCUT2D eigenvalue weighted by molar-refractivity contribution is 0.174. The van der Waals surface area contributed by atoms with E-state index in [0.29, 0.717) is 12.4 Å². The molecular formula is C29H30N2O4. The third kappa shape index (κ3) is 5.17. The van der Waals surface area contributed by atoms with Crippen LogP contribution in [0.25, 0.3) is 22.4 Å². The Bertz CT molecular complexity index is 1280. The van der Waals surface area contributed by atoms with Crippen molar-refractivity contribution in [3.8, 4) is 39.6 Å². The number of oxazole rings is 1. The van der Waals surface area contributed by atoms with Gasteiger partial charge < -0.3 is 23.9 Å². The standard InChI is InChI=1S/C29H30N2O4/c1-3-4-15-30-17-27-29(21-9-6-5-7-10-21)31-28(35-27)18-32-24-12-8-11-23(20(24)2)22-13-14-25-26(16-22)34-19-33-25/h5-14,16,30H,3-4,15,17-19H2,1-2H3. The lowest BCUT2D eigenvalue weighted by atomic mass is 9.99. The van der Waals surface area contributed by atoms with Gasteiger partial charge in [-0.3, -0.25) is 0 Å². The van der Waals surface area contributed by atoms with E-state index in [-0.39, 0.29) is 13.4 Å². The minimum Gasteiger partial charge on any atom is -0.484 e. The van der Waals surface area contributed by atoms with Gasteiger partial charge in [-0.15, -0.1) is 0 Å². The van der Waals surface area contributed by atoms with Crippen molar-refractivity contribution < 1.29 is 18.6 Å². The summed E-state index contributed by atoms with van der Waals surface area (Å²) in [7, 11) is 0. The molecule has 1 aliphatic rings. The molecule has 5 rings (SSSR count). The molecule has 0 spiro atoms. The molecule has 0 saturated heterocycles. The highest BCUT2D eigenvalue weighted by Gasteiger charge is 2.18. The van der Waals surface area contributed by atoms with Crippen LogP contribution in [0.3, 0.4) is 0 Å². The maximum atomic E-state index is 6.19. The van der Waals surface area contributed by atoms with Gasteiger partial charge in [0.15, 0.2) is 18.1 Å². The zero-order chi connectivity index (χ0) is 24.0. The van der Waals surface area contributed by atoms with Crippen LogP contribution in [0.5, 0.6) is 17.2 Å². The summed E-state index contributed by atoms with van der Waals surface area (Å²) in [6.07, 6.45) is 2.28. The highest BCUT2D eigenvalue weighted by atomic mass is 16.7. The van der Waals surface area contributed by atoms with Gasteiger partial charge in [0.1, 0.15) is 17.2 Å². The van der Waals surface area contributed by atoms with Crippen molar-refractivity contribution in [3.05, 3.63) is 83.9 Å². The molecule has 1 aromatic heterocycles. The summed E-state index contributed by atoms with van der Waals surface area (Å²) >= 11 is 0. The number of nitrogens with zero attached hydrogens (tertiary/aromatic N) is 1. The third-order valence-electron chi connectivity index (χ3n) is 6.10. The number of aromatic nitrogens is 1. The molecule has 0 aliphatic carbocycles. The highest BCUT2D eigenvalue weighted by Crippen LogP contribution is 2.38. The fourth-order valence-electron chi connectivity index (χ4n) is 4.19. The molecule has 0 saturated carbocycles. The quantitative estimate of drug-likeness (QED) is 0.266. The van der Waals surface area contributed by atoms with Gasteiger partial charge in [0.05, 0.1) is 6.54 Å². The van der Waals surface area contributed by atoms with Gasteiger partial charge >= 0.3 is 0 Å². The first kappa shape index (κ1) is 23.0. The number of hydrogen-bond acceptors (Lipinski definition) is 6. The minimum atomic E-state index is 0.250. The first-order valence-electron chi connectivity index (χ1n) is 12.1. The monoisotopic (exact) mass is 470 g/mol. The molecule has 0 fully saturated rings. The van der Waals surface area contributed by atoms with Crippen molar-refractivity contribution in [2.45, 2.75) is 39.8 Å². The topological polar surface area (TPSA) is 65.8 Å². The summed E-state index contributed by atoms with van der Waals surface area (Å²) in [6, 6.07) is 22.2. The molecule has 0 atom stereocenters. The van der Waals surface area contributed by atoms with Gasteiger partial charge in [0, 0.05) is 5.56 Å². The van der Waals surface area contributed by atoms with Crippen molar-refractivity contribution in [2.24, 2.45) is 0 Å². The normalized spacial score (nSPS) is 12.2. The van der Waals surface area contributed by atoms with Crippen LogP contribution >= 0.6 is 0 Å². The molecule has 0 unspecified atom stereocenters. The van der Waals surface area contributed by atoms with E-state index in [4.69, 9.17) is 23.6 Å². The van der Waals surface area contributed by atoms with Crippen molar-refractivity contribution in [1.82, 2.24) is 10.3 Å². The smallest absolute Gasteiger partial charge is 0.233 e. The zero-order valence-electron chi connectivity index (χ0n) is 20.2. The second-order valence-electron chi connectivity index (χ2n) is 8.56. The van der Waals surface area contributed by atoms with E-state index in [2.05, 4.69) is 37.4 Å². The lowest BCUT2D eigenvalue weighted by Gasteiger charge is -2.12. The van der Waals surface area contributed by atoms with E-state index >= 15 is 0 Å². The van der Waals surface area contributed by atoms with Crippen LogP contribution < -0.4 is 19.5 Å². The second kappa shape index (κ2) is 10.7. The number of benzene rings is 3.